The van der Waals surface area contributed by atoms with E-state index >= 15 is 0 Å². The Morgan fingerprint density at radius 3 is 3.12 bits per heavy atom. The summed E-state index contributed by atoms with van der Waals surface area (Å²) in [5, 5.41) is 3.34. The molecule has 0 saturated heterocycles. The van der Waals surface area contributed by atoms with Crippen LogP contribution in [0.3, 0.4) is 0 Å². The highest BCUT2D eigenvalue weighted by atomic mass is 15.0. The van der Waals surface area contributed by atoms with E-state index in [0.29, 0.717) is 0 Å². The summed E-state index contributed by atoms with van der Waals surface area (Å²) in [7, 11) is 0. The SMILES string of the molecule is C/C=C\CCCN/C(C)=N\C1=CC=CCC1. The van der Waals surface area contributed by atoms with Gasteiger partial charge in [0.2, 0.25) is 0 Å². The number of unbranched alkanes of at least 4 members (excludes halogenated alkanes) is 1. The van der Waals surface area contributed by atoms with Crippen molar-refractivity contribution in [2.45, 2.75) is 39.5 Å². The van der Waals surface area contributed by atoms with Crippen molar-refractivity contribution in [3.63, 3.8) is 0 Å². The van der Waals surface area contributed by atoms with Crippen molar-refractivity contribution < 1.29 is 0 Å². The lowest BCUT2D eigenvalue weighted by Crippen LogP contribution is -2.21. The molecule has 1 rings (SSSR count). The lowest BCUT2D eigenvalue weighted by molar-refractivity contribution is 0.783. The number of allylic oxidation sites excluding steroid dienone is 6. The van der Waals surface area contributed by atoms with Gasteiger partial charge in [0, 0.05) is 12.2 Å². The first-order valence-corrected chi connectivity index (χ1v) is 6.09. The monoisotopic (exact) mass is 218 g/mol. The third-order valence-electron chi connectivity index (χ3n) is 2.47. The Balaban J connectivity index is 2.23. The van der Waals surface area contributed by atoms with E-state index in [1.54, 1.807) is 0 Å². The minimum absolute atomic E-state index is 1.00. The first kappa shape index (κ1) is 12.8. The van der Waals surface area contributed by atoms with Gasteiger partial charge in [-0.15, -0.1) is 0 Å². The molecule has 0 heterocycles. The highest BCUT2D eigenvalue weighted by Crippen LogP contribution is 2.12. The number of hydrogen-bond donors (Lipinski definition) is 1. The van der Waals surface area contributed by atoms with Gasteiger partial charge >= 0.3 is 0 Å². The van der Waals surface area contributed by atoms with Gasteiger partial charge in [-0.3, -0.25) is 0 Å². The van der Waals surface area contributed by atoms with Crippen molar-refractivity contribution in [3.05, 3.63) is 36.1 Å². The van der Waals surface area contributed by atoms with E-state index < -0.39 is 0 Å². The number of nitrogens with one attached hydrogen (secondary N) is 1. The maximum Gasteiger partial charge on any atom is 0.0986 e. The molecule has 1 aliphatic carbocycles. The van der Waals surface area contributed by atoms with Gasteiger partial charge in [-0.2, -0.15) is 0 Å². The van der Waals surface area contributed by atoms with E-state index in [1.807, 2.05) is 6.92 Å². The number of hydrogen-bond acceptors (Lipinski definition) is 1. The fourth-order valence-electron chi connectivity index (χ4n) is 1.59. The molecule has 0 saturated carbocycles. The topological polar surface area (TPSA) is 24.4 Å². The second-order valence-corrected chi connectivity index (χ2v) is 3.96. The van der Waals surface area contributed by atoms with Gasteiger partial charge < -0.3 is 5.32 Å². The van der Waals surface area contributed by atoms with Crippen LogP contribution in [0.1, 0.15) is 39.5 Å². The second-order valence-electron chi connectivity index (χ2n) is 3.96. The molecule has 88 valence electrons. The number of amidine groups is 1. The van der Waals surface area contributed by atoms with Crippen molar-refractivity contribution >= 4 is 5.84 Å². The van der Waals surface area contributed by atoms with Crippen LogP contribution in [0.15, 0.2) is 41.1 Å². The number of aliphatic imine (C=N–C) groups is 1. The minimum Gasteiger partial charge on any atom is -0.374 e. The lowest BCUT2D eigenvalue weighted by Gasteiger charge is -2.07. The summed E-state index contributed by atoms with van der Waals surface area (Å²) in [4.78, 5) is 4.55. The molecular weight excluding hydrogens is 196 g/mol. The Kier molecular flexibility index (Phi) is 6.31. The molecule has 0 fully saturated rings. The Morgan fingerprint density at radius 1 is 1.56 bits per heavy atom. The van der Waals surface area contributed by atoms with Crippen molar-refractivity contribution in [1.82, 2.24) is 5.32 Å². The van der Waals surface area contributed by atoms with Crippen molar-refractivity contribution in [3.8, 4) is 0 Å². The lowest BCUT2D eigenvalue weighted by atomic mass is 10.1. The van der Waals surface area contributed by atoms with Crippen molar-refractivity contribution in [2.75, 3.05) is 6.54 Å². The maximum absolute atomic E-state index is 4.55. The predicted octanol–water partition coefficient (Wildman–Crippen LogP) is 3.58. The first-order valence-electron chi connectivity index (χ1n) is 6.09. The summed E-state index contributed by atoms with van der Waals surface area (Å²) in [5.74, 6) is 1.03. The minimum atomic E-state index is 1.00. The van der Waals surface area contributed by atoms with Crippen LogP contribution in [0, 0.1) is 0 Å². The Labute approximate surface area is 98.9 Å². The van der Waals surface area contributed by atoms with Crippen LogP contribution in [0.4, 0.5) is 0 Å². The largest absolute Gasteiger partial charge is 0.374 e. The number of nitrogens with zero attached hydrogens (tertiary/aromatic N) is 1. The average Bonchev–Trinajstić information content (AvgIpc) is 2.30. The molecule has 0 atom stereocenters. The summed E-state index contributed by atoms with van der Waals surface area (Å²) in [6, 6.07) is 0. The fraction of sp³-hybridized carbons (Fsp3) is 0.500. The van der Waals surface area contributed by atoms with Gasteiger partial charge in [-0.1, -0.05) is 24.3 Å². The molecule has 0 unspecified atom stereocenters. The maximum atomic E-state index is 4.55. The third kappa shape index (κ3) is 5.54. The van der Waals surface area contributed by atoms with E-state index in [0.717, 1.165) is 38.1 Å². The molecule has 0 spiro atoms. The van der Waals surface area contributed by atoms with E-state index in [-0.39, 0.29) is 0 Å². The van der Waals surface area contributed by atoms with Gasteiger partial charge in [0.05, 0.1) is 5.84 Å². The molecule has 2 nitrogen and oxygen atoms in total. The summed E-state index contributed by atoms with van der Waals surface area (Å²) >= 11 is 0. The molecule has 1 aliphatic rings. The van der Waals surface area contributed by atoms with Gasteiger partial charge in [0.25, 0.3) is 0 Å². The Bertz CT molecular complexity index is 309. The van der Waals surface area contributed by atoms with E-state index in [4.69, 9.17) is 0 Å². The molecule has 1 N–H and O–H groups in total. The van der Waals surface area contributed by atoms with Crippen LogP contribution in [-0.2, 0) is 0 Å². The third-order valence-corrected chi connectivity index (χ3v) is 2.47. The zero-order chi connectivity index (χ0) is 11.6. The van der Waals surface area contributed by atoms with E-state index in [1.165, 1.54) is 5.70 Å². The van der Waals surface area contributed by atoms with Crippen molar-refractivity contribution in [2.24, 2.45) is 4.99 Å². The molecule has 2 heteroatoms. The summed E-state index contributed by atoms with van der Waals surface area (Å²) in [6.07, 6.45) is 15.1. The van der Waals surface area contributed by atoms with Gasteiger partial charge in [-0.25, -0.2) is 4.99 Å². The van der Waals surface area contributed by atoms with Crippen LogP contribution in [-0.4, -0.2) is 12.4 Å². The number of rotatable bonds is 5. The van der Waals surface area contributed by atoms with Gasteiger partial charge in [0.1, 0.15) is 0 Å². The normalized spacial score (nSPS) is 16.6. The zero-order valence-corrected chi connectivity index (χ0v) is 10.4. The standard InChI is InChI=1S/C14H22N2/c1-3-4-5-9-12-15-13(2)16-14-10-7-6-8-11-14/h3-4,6-7,10H,5,8-9,11-12H2,1-2H3,(H,15,16)/b4-3-. The average molecular weight is 218 g/mol. The van der Waals surface area contributed by atoms with Crippen LogP contribution in [0.25, 0.3) is 0 Å². The molecule has 0 bridgehead atoms. The molecule has 0 radical (unpaired) electrons. The molecular formula is C14H22N2. The molecule has 0 amide bonds. The van der Waals surface area contributed by atoms with Crippen LogP contribution < -0.4 is 5.32 Å². The summed E-state index contributed by atoms with van der Waals surface area (Å²) in [6.45, 7) is 5.10. The first-order chi connectivity index (χ1) is 7.83. The smallest absolute Gasteiger partial charge is 0.0986 e. The Hall–Kier alpha value is -1.31. The molecule has 0 aliphatic heterocycles. The van der Waals surface area contributed by atoms with Crippen LogP contribution >= 0.6 is 0 Å². The summed E-state index contributed by atoms with van der Waals surface area (Å²) in [5.41, 5.74) is 1.18. The molecule has 16 heavy (non-hydrogen) atoms. The van der Waals surface area contributed by atoms with Crippen molar-refractivity contribution in [1.29, 1.82) is 0 Å². The Morgan fingerprint density at radius 2 is 2.44 bits per heavy atom. The van der Waals surface area contributed by atoms with Gasteiger partial charge in [-0.05, 0) is 45.6 Å². The molecule has 0 aromatic heterocycles. The highest BCUT2D eigenvalue weighted by Gasteiger charge is 1.98. The predicted molar refractivity (Wildman–Crippen MR) is 71.6 cm³/mol. The van der Waals surface area contributed by atoms with Crippen LogP contribution in [0.2, 0.25) is 0 Å². The highest BCUT2D eigenvalue weighted by molar-refractivity contribution is 5.80. The molecule has 0 aromatic rings. The zero-order valence-electron chi connectivity index (χ0n) is 10.4. The van der Waals surface area contributed by atoms with Crippen LogP contribution in [0.5, 0.6) is 0 Å². The van der Waals surface area contributed by atoms with E-state index in [9.17, 15) is 0 Å². The molecule has 0 aromatic carbocycles. The fourth-order valence-corrected chi connectivity index (χ4v) is 1.59. The quantitative estimate of drug-likeness (QED) is 0.324. The van der Waals surface area contributed by atoms with Gasteiger partial charge in [0.15, 0.2) is 0 Å². The van der Waals surface area contributed by atoms with E-state index in [2.05, 4.69) is 47.6 Å². The summed E-state index contributed by atoms with van der Waals surface area (Å²) < 4.78 is 0. The second kappa shape index (κ2) is 7.91.